The van der Waals surface area contributed by atoms with Gasteiger partial charge in [0.1, 0.15) is 5.76 Å². The molecule has 0 radical (unpaired) electrons. The van der Waals surface area contributed by atoms with Crippen molar-refractivity contribution in [3.8, 4) is 0 Å². The maximum absolute atomic E-state index is 13.2. The van der Waals surface area contributed by atoms with Gasteiger partial charge in [0.25, 0.3) is 5.91 Å². The van der Waals surface area contributed by atoms with Gasteiger partial charge in [0, 0.05) is 30.6 Å². The summed E-state index contributed by atoms with van der Waals surface area (Å²) in [5, 5.41) is 4.07. The molecule has 3 rings (SSSR count). The average molecular weight is 362 g/mol. The van der Waals surface area contributed by atoms with Gasteiger partial charge in [0.15, 0.2) is 5.69 Å². The van der Waals surface area contributed by atoms with Crippen LogP contribution in [0.4, 0.5) is 0 Å². The van der Waals surface area contributed by atoms with Crippen LogP contribution in [-0.4, -0.2) is 52.6 Å². The lowest BCUT2D eigenvalue weighted by Crippen LogP contribution is -2.48. The van der Waals surface area contributed by atoms with Gasteiger partial charge in [0.05, 0.1) is 0 Å². The standard InChI is InChI=1S/C21H35N3O2/c1-16(2)7-13-23-11-5-8-21(10-14-23)9-6-12-24(21)20(25)18-15-19(17(3)4)26-22-18/h15-17H,5-14H2,1-4H3/t21-/m1/s1. The maximum Gasteiger partial charge on any atom is 0.276 e. The Morgan fingerprint density at radius 1 is 1.15 bits per heavy atom. The summed E-state index contributed by atoms with van der Waals surface area (Å²) in [6, 6.07) is 1.84. The quantitative estimate of drug-likeness (QED) is 0.784. The van der Waals surface area contributed by atoms with E-state index in [1.165, 1.54) is 19.4 Å². The molecule has 2 fully saturated rings. The molecule has 1 aromatic rings. The van der Waals surface area contributed by atoms with E-state index in [-0.39, 0.29) is 17.4 Å². The zero-order valence-electron chi connectivity index (χ0n) is 17.0. The molecule has 1 atom stereocenters. The number of nitrogens with zero attached hydrogens (tertiary/aromatic N) is 3. The fraction of sp³-hybridized carbons (Fsp3) is 0.810. The lowest BCUT2D eigenvalue weighted by Gasteiger charge is -2.37. The molecule has 0 unspecified atom stereocenters. The molecule has 26 heavy (non-hydrogen) atoms. The number of likely N-dealkylation sites (tertiary alicyclic amines) is 2. The molecule has 1 spiro atoms. The summed E-state index contributed by atoms with van der Waals surface area (Å²) in [7, 11) is 0. The van der Waals surface area contributed by atoms with Crippen molar-refractivity contribution in [3.05, 3.63) is 17.5 Å². The molecule has 0 aliphatic carbocycles. The minimum absolute atomic E-state index is 0.0284. The van der Waals surface area contributed by atoms with Gasteiger partial charge >= 0.3 is 0 Å². The molecule has 5 heteroatoms. The van der Waals surface area contributed by atoms with Crippen molar-refractivity contribution in [2.24, 2.45) is 5.92 Å². The maximum atomic E-state index is 13.2. The van der Waals surface area contributed by atoms with Gasteiger partial charge in [-0.2, -0.15) is 0 Å². The third kappa shape index (κ3) is 4.13. The number of hydrogen-bond acceptors (Lipinski definition) is 4. The first-order valence-corrected chi connectivity index (χ1v) is 10.4. The predicted octanol–water partition coefficient (Wildman–Crippen LogP) is 4.30. The van der Waals surface area contributed by atoms with Gasteiger partial charge in [-0.15, -0.1) is 0 Å². The third-order valence-corrected chi connectivity index (χ3v) is 6.19. The van der Waals surface area contributed by atoms with Crippen LogP contribution in [0.2, 0.25) is 0 Å². The number of carbonyl (C=O) groups is 1. The summed E-state index contributed by atoms with van der Waals surface area (Å²) >= 11 is 0. The molecule has 2 aliphatic heterocycles. The van der Waals surface area contributed by atoms with Crippen LogP contribution in [0.15, 0.2) is 10.6 Å². The molecule has 146 valence electrons. The third-order valence-electron chi connectivity index (χ3n) is 6.19. The van der Waals surface area contributed by atoms with Crippen molar-refractivity contribution >= 4 is 5.91 Å². The normalized spacial score (nSPS) is 24.8. The van der Waals surface area contributed by atoms with Crippen LogP contribution in [0.5, 0.6) is 0 Å². The minimum Gasteiger partial charge on any atom is -0.360 e. The van der Waals surface area contributed by atoms with E-state index in [9.17, 15) is 4.79 Å². The molecule has 1 amide bonds. The second kappa shape index (κ2) is 8.12. The highest BCUT2D eigenvalue weighted by molar-refractivity contribution is 5.93. The second-order valence-electron chi connectivity index (χ2n) is 8.93. The summed E-state index contributed by atoms with van der Waals surface area (Å²) in [6.45, 7) is 13.0. The smallest absolute Gasteiger partial charge is 0.276 e. The zero-order valence-corrected chi connectivity index (χ0v) is 17.0. The Kier molecular flexibility index (Phi) is 6.06. The van der Waals surface area contributed by atoms with Gasteiger partial charge in [-0.25, -0.2) is 0 Å². The monoisotopic (exact) mass is 361 g/mol. The summed E-state index contributed by atoms with van der Waals surface area (Å²) in [5.41, 5.74) is 0.511. The number of aromatic nitrogens is 1. The van der Waals surface area contributed by atoms with E-state index >= 15 is 0 Å². The largest absolute Gasteiger partial charge is 0.360 e. The van der Waals surface area contributed by atoms with E-state index in [1.807, 2.05) is 6.07 Å². The van der Waals surface area contributed by atoms with Crippen molar-refractivity contribution in [2.75, 3.05) is 26.2 Å². The fourth-order valence-corrected chi connectivity index (χ4v) is 4.47. The first-order valence-electron chi connectivity index (χ1n) is 10.4. The predicted molar refractivity (Wildman–Crippen MR) is 103 cm³/mol. The van der Waals surface area contributed by atoms with Crippen LogP contribution >= 0.6 is 0 Å². The van der Waals surface area contributed by atoms with E-state index < -0.39 is 0 Å². The Balaban J connectivity index is 1.69. The van der Waals surface area contributed by atoms with Crippen LogP contribution in [0.1, 0.15) is 88.4 Å². The molecule has 0 N–H and O–H groups in total. The van der Waals surface area contributed by atoms with Crippen LogP contribution in [0, 0.1) is 5.92 Å². The van der Waals surface area contributed by atoms with Crippen LogP contribution in [-0.2, 0) is 0 Å². The van der Waals surface area contributed by atoms with Gasteiger partial charge < -0.3 is 14.3 Å². The van der Waals surface area contributed by atoms with Crippen LogP contribution in [0.25, 0.3) is 0 Å². The molecule has 0 saturated carbocycles. The van der Waals surface area contributed by atoms with Gasteiger partial charge in [-0.1, -0.05) is 32.9 Å². The molecule has 3 heterocycles. The van der Waals surface area contributed by atoms with Crippen molar-refractivity contribution in [3.63, 3.8) is 0 Å². The van der Waals surface area contributed by atoms with Crippen molar-refractivity contribution in [1.29, 1.82) is 0 Å². The molecule has 2 aliphatic rings. The van der Waals surface area contributed by atoms with E-state index in [1.54, 1.807) is 0 Å². The van der Waals surface area contributed by atoms with Gasteiger partial charge in [-0.05, 0) is 57.5 Å². The van der Waals surface area contributed by atoms with E-state index in [4.69, 9.17) is 4.52 Å². The number of rotatable bonds is 5. The summed E-state index contributed by atoms with van der Waals surface area (Å²) in [4.78, 5) is 17.9. The molecular weight excluding hydrogens is 326 g/mol. The second-order valence-corrected chi connectivity index (χ2v) is 8.93. The highest BCUT2D eigenvalue weighted by Crippen LogP contribution is 2.39. The first-order chi connectivity index (χ1) is 12.4. The Morgan fingerprint density at radius 3 is 2.54 bits per heavy atom. The molecule has 0 bridgehead atoms. The lowest BCUT2D eigenvalue weighted by atomic mass is 9.87. The fourth-order valence-electron chi connectivity index (χ4n) is 4.47. The SMILES string of the molecule is CC(C)CCN1CCC[C@@]2(CCCN2C(=O)c2cc(C(C)C)on2)CC1. The Morgan fingerprint density at radius 2 is 1.88 bits per heavy atom. The molecule has 1 aromatic heterocycles. The molecule has 5 nitrogen and oxygen atoms in total. The van der Waals surface area contributed by atoms with E-state index in [2.05, 4.69) is 42.7 Å². The topological polar surface area (TPSA) is 49.6 Å². The highest BCUT2D eigenvalue weighted by atomic mass is 16.5. The highest BCUT2D eigenvalue weighted by Gasteiger charge is 2.44. The zero-order chi connectivity index (χ0) is 18.7. The molecule has 2 saturated heterocycles. The number of carbonyl (C=O) groups excluding carboxylic acids is 1. The Hall–Kier alpha value is -1.36. The summed E-state index contributed by atoms with van der Waals surface area (Å²) in [5.74, 6) is 1.86. The molecule has 0 aromatic carbocycles. The van der Waals surface area contributed by atoms with Gasteiger partial charge in [0.2, 0.25) is 0 Å². The Bertz CT molecular complexity index is 610. The van der Waals surface area contributed by atoms with E-state index in [0.717, 1.165) is 57.0 Å². The van der Waals surface area contributed by atoms with E-state index in [0.29, 0.717) is 5.69 Å². The summed E-state index contributed by atoms with van der Waals surface area (Å²) < 4.78 is 5.37. The Labute approximate surface area is 158 Å². The van der Waals surface area contributed by atoms with Gasteiger partial charge in [-0.3, -0.25) is 4.79 Å². The first kappa shape index (κ1) is 19.4. The summed E-state index contributed by atoms with van der Waals surface area (Å²) in [6.07, 6.45) is 6.88. The number of amides is 1. The average Bonchev–Trinajstić information content (AvgIpc) is 3.18. The van der Waals surface area contributed by atoms with Crippen LogP contribution < -0.4 is 0 Å². The molecular formula is C21H35N3O2. The van der Waals surface area contributed by atoms with Crippen molar-refractivity contribution in [2.45, 2.75) is 77.7 Å². The van der Waals surface area contributed by atoms with Crippen LogP contribution in [0.3, 0.4) is 0 Å². The number of hydrogen-bond donors (Lipinski definition) is 0. The minimum atomic E-state index is 0.0284. The lowest BCUT2D eigenvalue weighted by molar-refractivity contribution is 0.0547. The van der Waals surface area contributed by atoms with Crippen molar-refractivity contribution in [1.82, 2.24) is 15.0 Å². The van der Waals surface area contributed by atoms with Crippen molar-refractivity contribution < 1.29 is 9.32 Å².